The molecule has 3 aromatic carbocycles. The van der Waals surface area contributed by atoms with E-state index >= 15 is 0 Å². The van der Waals surface area contributed by atoms with Gasteiger partial charge in [0.1, 0.15) is 0 Å². The Balaban J connectivity index is 0.000000188. The molecule has 0 aliphatic rings. The third-order valence-corrected chi connectivity index (χ3v) is 38.1. The Kier molecular flexibility index (Phi) is 10.2. The maximum atomic E-state index is 5.65. The van der Waals surface area contributed by atoms with E-state index in [9.17, 15) is 0 Å². The molecule has 4 heteroatoms. The monoisotopic (exact) mass is 500 g/mol. The molecule has 0 aliphatic heterocycles. The van der Waals surface area contributed by atoms with Gasteiger partial charge >= 0.3 is 54.8 Å². The van der Waals surface area contributed by atoms with Crippen molar-refractivity contribution >= 4 is 37.8 Å². The van der Waals surface area contributed by atoms with Crippen molar-refractivity contribution in [2.75, 3.05) is 0 Å². The normalized spacial score (nSPS) is 9.67. The standard InChI is InChI=1S/C10H9.C8H11.C2H6Ge.2ClH.Zr/c1-8-6-9-4-2-3-5-10(9)7-8;1-6-4-7(2)8(3)5-6;1-3-2;;;/h2-7H,1H3;4-5H,1-3H3;1-2H3;2*1H;/q2*-1;;;;+2/p-2. The Morgan fingerprint density at radius 3 is 1.79 bits per heavy atom. The van der Waals surface area contributed by atoms with Gasteiger partial charge in [0.25, 0.3) is 0 Å². The third-order valence-electron chi connectivity index (χ3n) is 3.65. The molecule has 0 heterocycles. The van der Waals surface area contributed by atoms with Crippen molar-refractivity contribution in [3.8, 4) is 0 Å². The molecule has 0 saturated heterocycles. The number of rotatable bonds is 0. The maximum absolute atomic E-state index is 5.65. The molecule has 0 aliphatic carbocycles. The molecule has 3 aromatic rings. The fourth-order valence-electron chi connectivity index (χ4n) is 2.26. The van der Waals surface area contributed by atoms with Crippen molar-refractivity contribution in [3.05, 3.63) is 70.8 Å². The van der Waals surface area contributed by atoms with Crippen LogP contribution in [0.15, 0.2) is 48.5 Å². The minimum absolute atomic E-state index is 0.735. The van der Waals surface area contributed by atoms with Crippen LogP contribution >= 0.6 is 17.0 Å². The molecule has 0 unspecified atom stereocenters. The molecule has 24 heavy (non-hydrogen) atoms. The summed E-state index contributed by atoms with van der Waals surface area (Å²) in [6.07, 6.45) is 0. The zero-order chi connectivity index (χ0) is 18.3. The van der Waals surface area contributed by atoms with E-state index < -0.39 is 26.2 Å². The van der Waals surface area contributed by atoms with Crippen molar-refractivity contribution in [1.82, 2.24) is 0 Å². The summed E-state index contributed by atoms with van der Waals surface area (Å²) in [4.78, 5) is 0. The molecule has 0 atom stereocenters. The van der Waals surface area contributed by atoms with Gasteiger partial charge in [-0.15, -0.1) is 40.6 Å². The van der Waals surface area contributed by atoms with Crippen molar-refractivity contribution in [1.29, 1.82) is 0 Å². The van der Waals surface area contributed by atoms with Crippen LogP contribution in [0.4, 0.5) is 0 Å². The van der Waals surface area contributed by atoms with Gasteiger partial charge in [0, 0.05) is 0 Å². The summed E-state index contributed by atoms with van der Waals surface area (Å²) in [5.41, 5.74) is 5.53. The number of benzene rings is 1. The molecule has 130 valence electrons. The zero-order valence-electron chi connectivity index (χ0n) is 15.4. The van der Waals surface area contributed by atoms with Crippen LogP contribution < -0.4 is 0 Å². The van der Waals surface area contributed by atoms with Crippen LogP contribution in [0.25, 0.3) is 10.8 Å². The van der Waals surface area contributed by atoms with Crippen LogP contribution in [0, 0.1) is 27.7 Å². The van der Waals surface area contributed by atoms with Crippen LogP contribution in [-0.4, -0.2) is 9.98 Å². The molecule has 0 fully saturated rings. The number of aryl methyl sites for hydroxylation is 4. The predicted molar refractivity (Wildman–Crippen MR) is 110 cm³/mol. The molecule has 0 amide bonds. The van der Waals surface area contributed by atoms with E-state index in [4.69, 9.17) is 17.0 Å². The van der Waals surface area contributed by atoms with Crippen LogP contribution in [0.5, 0.6) is 0 Å². The van der Waals surface area contributed by atoms with Gasteiger partial charge in [-0.05, 0) is 0 Å². The van der Waals surface area contributed by atoms with E-state index in [0.717, 1.165) is 0 Å². The van der Waals surface area contributed by atoms with E-state index in [-0.39, 0.29) is 0 Å². The van der Waals surface area contributed by atoms with Crippen LogP contribution in [0.3, 0.4) is 0 Å². The van der Waals surface area contributed by atoms with Gasteiger partial charge in [-0.2, -0.15) is 28.8 Å². The van der Waals surface area contributed by atoms with Crippen molar-refractivity contribution in [2.45, 2.75) is 39.2 Å². The van der Waals surface area contributed by atoms with Gasteiger partial charge in [-0.25, -0.2) is 6.07 Å². The van der Waals surface area contributed by atoms with Crippen molar-refractivity contribution in [3.63, 3.8) is 0 Å². The second-order valence-corrected chi connectivity index (χ2v) is 44.3. The van der Waals surface area contributed by atoms with E-state index in [1.54, 1.807) is 0 Å². The fourth-order valence-corrected chi connectivity index (χ4v) is 2.26. The van der Waals surface area contributed by atoms with Crippen molar-refractivity contribution < 1.29 is 16.2 Å². The average molecular weight is 501 g/mol. The molecule has 0 spiro atoms. The predicted octanol–water partition coefficient (Wildman–Crippen LogP) is 7.36. The molecule has 0 N–H and O–H groups in total. The Hall–Kier alpha value is 0.186. The van der Waals surface area contributed by atoms with E-state index in [0.29, 0.717) is 0 Å². The topological polar surface area (TPSA) is 0 Å². The quantitative estimate of drug-likeness (QED) is 0.223. The molecule has 0 nitrogen and oxygen atoms in total. The molecule has 0 bridgehead atoms. The summed E-state index contributed by atoms with van der Waals surface area (Å²) in [5, 5.41) is 2.69. The first kappa shape index (κ1) is 22.2. The van der Waals surface area contributed by atoms with Gasteiger partial charge < -0.3 is 0 Å². The first-order chi connectivity index (χ1) is 11.2. The Morgan fingerprint density at radius 1 is 0.875 bits per heavy atom. The first-order valence-corrected chi connectivity index (χ1v) is 26.0. The molecule has 0 radical (unpaired) electrons. The summed E-state index contributed by atoms with van der Waals surface area (Å²) < 4.78 is 0. The molecule has 0 aromatic heterocycles. The van der Waals surface area contributed by atoms with Crippen LogP contribution in [-0.2, 0) is 16.2 Å². The van der Waals surface area contributed by atoms with Gasteiger partial charge in [-0.1, -0.05) is 33.8 Å². The van der Waals surface area contributed by atoms with E-state index in [2.05, 4.69) is 87.7 Å². The fraction of sp³-hybridized carbons (Fsp3) is 0.300. The first-order valence-electron chi connectivity index (χ1n) is 8.01. The summed E-state index contributed by atoms with van der Waals surface area (Å²) in [6, 6.07) is 17.2. The summed E-state index contributed by atoms with van der Waals surface area (Å²) in [6.45, 7) is 8.53. The molecular formula is C20H26Cl2GeZr-2. The van der Waals surface area contributed by atoms with Gasteiger partial charge in [0.15, 0.2) is 0 Å². The van der Waals surface area contributed by atoms with Crippen molar-refractivity contribution in [2.24, 2.45) is 0 Å². The number of hydrogen-bond donors (Lipinski definition) is 0. The summed E-state index contributed by atoms with van der Waals surface area (Å²) in [5.74, 6) is 4.46. The number of halogens is 2. The average Bonchev–Trinajstić information content (AvgIpc) is 3.00. The summed E-state index contributed by atoms with van der Waals surface area (Å²) >= 11 is -1.59. The minimum atomic E-state index is -1.59. The second-order valence-electron chi connectivity index (χ2n) is 6.32. The SMILES string of the molecule is Cc1cc(C)c(C)[cH-]1.Cc1cc2ccccc2[cH-]1.[CH3][Ge]([CH3])=[Zr]([Cl])[Cl]. The van der Waals surface area contributed by atoms with Gasteiger partial charge in [0.2, 0.25) is 0 Å². The van der Waals surface area contributed by atoms with E-state index in [1.165, 1.54) is 33.0 Å². The van der Waals surface area contributed by atoms with Crippen LogP contribution in [0.1, 0.15) is 22.3 Å². The van der Waals surface area contributed by atoms with Crippen LogP contribution in [0.2, 0.25) is 11.5 Å². The Labute approximate surface area is 162 Å². The Morgan fingerprint density at radius 2 is 1.42 bits per heavy atom. The van der Waals surface area contributed by atoms with Gasteiger partial charge in [0.05, 0.1) is 0 Å². The zero-order valence-corrected chi connectivity index (χ0v) is 21.4. The van der Waals surface area contributed by atoms with Gasteiger partial charge in [-0.3, -0.25) is 0 Å². The summed E-state index contributed by atoms with van der Waals surface area (Å²) in [7, 11) is 10.6. The molecule has 3 rings (SSSR count). The number of fused-ring (bicyclic) bond motifs is 1. The third kappa shape index (κ3) is 8.04. The number of hydrogen-bond acceptors (Lipinski definition) is 0. The Bertz CT molecular complexity index is 742. The molecular weight excluding hydrogens is 475 g/mol. The molecule has 0 saturated carbocycles. The van der Waals surface area contributed by atoms with E-state index in [1.807, 2.05) is 0 Å². The second kappa shape index (κ2) is 11.0.